The van der Waals surface area contributed by atoms with Gasteiger partial charge in [-0.2, -0.15) is 0 Å². The molecule has 0 bridgehead atoms. The van der Waals surface area contributed by atoms with E-state index in [9.17, 15) is 0 Å². The molecule has 0 unspecified atom stereocenters. The number of hydrogen-bond acceptors (Lipinski definition) is 1. The number of rotatable bonds is 2. The molecule has 0 fully saturated rings. The van der Waals surface area contributed by atoms with Crippen molar-refractivity contribution in [2.75, 3.05) is 17.5 Å². The average Bonchev–Trinajstić information content (AvgIpc) is 2.18. The lowest BCUT2D eigenvalue weighted by Crippen LogP contribution is -2.31. The van der Waals surface area contributed by atoms with Crippen molar-refractivity contribution in [2.45, 2.75) is 13.0 Å². The van der Waals surface area contributed by atoms with Crippen molar-refractivity contribution in [2.24, 2.45) is 0 Å². The van der Waals surface area contributed by atoms with Crippen molar-refractivity contribution in [1.29, 1.82) is 0 Å². The zero-order valence-electron chi connectivity index (χ0n) is 7.67. The minimum Gasteiger partial charge on any atom is -0.298 e. The largest absolute Gasteiger partial charge is 0.298 e. The highest BCUT2D eigenvalue weighted by Crippen LogP contribution is 2.17. The van der Waals surface area contributed by atoms with Gasteiger partial charge in [0.05, 0.1) is 0 Å². The molecule has 1 nitrogen and oxygen atoms in total. The highest BCUT2D eigenvalue weighted by atomic mass is 127. The van der Waals surface area contributed by atoms with Crippen LogP contribution in [0.4, 0.5) is 0 Å². The maximum atomic E-state index is 2.54. The fraction of sp³-hybridized carbons (Fsp3) is 0.455. The van der Waals surface area contributed by atoms with Gasteiger partial charge >= 0.3 is 0 Å². The number of nitrogens with zero attached hydrogens (tertiary/aromatic N) is 1. The third-order valence-electron chi connectivity index (χ3n) is 2.61. The van der Waals surface area contributed by atoms with E-state index in [0.29, 0.717) is 0 Å². The lowest BCUT2D eigenvalue weighted by Gasteiger charge is -2.27. The smallest absolute Gasteiger partial charge is 0.0236 e. The normalized spacial score (nSPS) is 17.0. The van der Waals surface area contributed by atoms with Gasteiger partial charge in [-0.15, -0.1) is 0 Å². The van der Waals surface area contributed by atoms with Crippen molar-refractivity contribution < 1.29 is 0 Å². The molecule has 1 aromatic rings. The van der Waals surface area contributed by atoms with E-state index in [4.69, 9.17) is 0 Å². The summed E-state index contributed by atoms with van der Waals surface area (Å²) in [7, 11) is 0. The van der Waals surface area contributed by atoms with Crippen LogP contribution >= 0.6 is 22.6 Å². The van der Waals surface area contributed by atoms with E-state index < -0.39 is 0 Å². The van der Waals surface area contributed by atoms with E-state index >= 15 is 0 Å². The van der Waals surface area contributed by atoms with E-state index in [1.807, 2.05) is 0 Å². The van der Waals surface area contributed by atoms with E-state index in [1.165, 1.54) is 29.5 Å². The molecule has 0 aromatic heterocycles. The predicted octanol–water partition coefficient (Wildman–Crippen LogP) is 2.48. The van der Waals surface area contributed by atoms with Gasteiger partial charge in [-0.3, -0.25) is 4.90 Å². The molecule has 0 saturated heterocycles. The molecular formula is C11H14IN. The Labute approximate surface area is 93.3 Å². The first-order valence-corrected chi connectivity index (χ1v) is 6.28. The fourth-order valence-electron chi connectivity index (χ4n) is 1.86. The van der Waals surface area contributed by atoms with Gasteiger partial charge in [-0.1, -0.05) is 46.9 Å². The minimum atomic E-state index is 1.15. The highest BCUT2D eigenvalue weighted by molar-refractivity contribution is 14.1. The number of benzene rings is 1. The first kappa shape index (κ1) is 9.46. The summed E-state index contributed by atoms with van der Waals surface area (Å²) in [6, 6.07) is 8.81. The fourth-order valence-corrected chi connectivity index (χ4v) is 2.55. The van der Waals surface area contributed by atoms with E-state index in [1.54, 1.807) is 5.56 Å². The molecule has 1 aliphatic heterocycles. The molecule has 1 aromatic carbocycles. The van der Waals surface area contributed by atoms with E-state index in [-0.39, 0.29) is 0 Å². The van der Waals surface area contributed by atoms with Crippen molar-refractivity contribution in [1.82, 2.24) is 4.90 Å². The summed E-state index contributed by atoms with van der Waals surface area (Å²) < 4.78 is 1.24. The molecule has 0 atom stereocenters. The van der Waals surface area contributed by atoms with Crippen molar-refractivity contribution in [3.8, 4) is 0 Å². The summed E-state index contributed by atoms with van der Waals surface area (Å²) in [5.74, 6) is 0. The van der Waals surface area contributed by atoms with Crippen LogP contribution in [-0.4, -0.2) is 22.4 Å². The molecule has 1 aliphatic rings. The van der Waals surface area contributed by atoms with Crippen LogP contribution < -0.4 is 0 Å². The molecule has 0 N–H and O–H groups in total. The zero-order chi connectivity index (χ0) is 9.10. The second kappa shape index (κ2) is 4.42. The Morgan fingerprint density at radius 1 is 1.23 bits per heavy atom. The van der Waals surface area contributed by atoms with Crippen LogP contribution in [0.3, 0.4) is 0 Å². The van der Waals surface area contributed by atoms with Gasteiger partial charge in [0.2, 0.25) is 0 Å². The second-order valence-electron chi connectivity index (χ2n) is 3.48. The Morgan fingerprint density at radius 3 is 2.77 bits per heavy atom. The molecule has 0 aliphatic carbocycles. The van der Waals surface area contributed by atoms with Crippen LogP contribution in [-0.2, 0) is 13.0 Å². The number of hydrogen-bond donors (Lipinski definition) is 0. The Bertz CT molecular complexity index is 285. The molecule has 13 heavy (non-hydrogen) atoms. The first-order chi connectivity index (χ1) is 6.40. The monoisotopic (exact) mass is 287 g/mol. The highest BCUT2D eigenvalue weighted by Gasteiger charge is 2.13. The Balaban J connectivity index is 2.11. The topological polar surface area (TPSA) is 3.24 Å². The molecule has 2 rings (SSSR count). The number of alkyl halides is 1. The standard InChI is InChI=1S/C11H14IN/c12-6-8-13-7-5-10-3-1-2-4-11(10)9-13/h1-4H,5-9H2. The maximum absolute atomic E-state index is 2.54. The third-order valence-corrected chi connectivity index (χ3v) is 3.09. The van der Waals surface area contributed by atoms with Crippen molar-refractivity contribution >= 4 is 22.6 Å². The quantitative estimate of drug-likeness (QED) is 0.596. The lowest BCUT2D eigenvalue weighted by molar-refractivity contribution is 0.272. The van der Waals surface area contributed by atoms with Gasteiger partial charge in [0.25, 0.3) is 0 Å². The van der Waals surface area contributed by atoms with Gasteiger partial charge in [0.1, 0.15) is 0 Å². The van der Waals surface area contributed by atoms with Crippen LogP contribution in [0.25, 0.3) is 0 Å². The Kier molecular flexibility index (Phi) is 3.22. The third kappa shape index (κ3) is 2.23. The minimum absolute atomic E-state index is 1.15. The number of fused-ring (bicyclic) bond motifs is 1. The molecule has 2 heteroatoms. The van der Waals surface area contributed by atoms with Crippen LogP contribution in [0.5, 0.6) is 0 Å². The van der Waals surface area contributed by atoms with Crippen molar-refractivity contribution in [3.05, 3.63) is 35.4 Å². The van der Waals surface area contributed by atoms with E-state index in [2.05, 4.69) is 51.8 Å². The Morgan fingerprint density at radius 2 is 2.00 bits per heavy atom. The molecular weight excluding hydrogens is 273 g/mol. The van der Waals surface area contributed by atoms with E-state index in [0.717, 1.165) is 6.54 Å². The number of halogens is 1. The van der Waals surface area contributed by atoms with Crippen LogP contribution in [0, 0.1) is 0 Å². The lowest BCUT2D eigenvalue weighted by atomic mass is 10.0. The zero-order valence-corrected chi connectivity index (χ0v) is 9.83. The maximum Gasteiger partial charge on any atom is 0.0236 e. The van der Waals surface area contributed by atoms with Gasteiger partial charge in [-0.05, 0) is 17.5 Å². The predicted molar refractivity (Wildman–Crippen MR) is 64.3 cm³/mol. The molecule has 0 saturated carbocycles. The van der Waals surface area contributed by atoms with Crippen LogP contribution in [0.1, 0.15) is 11.1 Å². The van der Waals surface area contributed by atoms with Gasteiger partial charge in [0, 0.05) is 24.1 Å². The van der Waals surface area contributed by atoms with Gasteiger partial charge in [0.15, 0.2) is 0 Å². The van der Waals surface area contributed by atoms with Crippen LogP contribution in [0.15, 0.2) is 24.3 Å². The summed E-state index contributed by atoms with van der Waals surface area (Å²) in [5, 5.41) is 0. The second-order valence-corrected chi connectivity index (χ2v) is 4.56. The SMILES string of the molecule is ICCN1CCc2ccccc2C1. The van der Waals surface area contributed by atoms with Gasteiger partial charge in [-0.25, -0.2) is 0 Å². The first-order valence-electron chi connectivity index (χ1n) is 4.75. The molecule has 0 amide bonds. The summed E-state index contributed by atoms with van der Waals surface area (Å²) in [6.45, 7) is 3.62. The average molecular weight is 287 g/mol. The van der Waals surface area contributed by atoms with Crippen molar-refractivity contribution in [3.63, 3.8) is 0 Å². The summed E-state index contributed by atoms with van der Waals surface area (Å²) in [6.07, 6.45) is 1.23. The molecule has 0 spiro atoms. The van der Waals surface area contributed by atoms with Crippen LogP contribution in [0.2, 0.25) is 0 Å². The molecule has 70 valence electrons. The molecule has 0 radical (unpaired) electrons. The summed E-state index contributed by atoms with van der Waals surface area (Å²) in [5.41, 5.74) is 3.07. The summed E-state index contributed by atoms with van der Waals surface area (Å²) >= 11 is 2.45. The Hall–Kier alpha value is -0.0900. The summed E-state index contributed by atoms with van der Waals surface area (Å²) in [4.78, 5) is 2.54. The van der Waals surface area contributed by atoms with Gasteiger partial charge < -0.3 is 0 Å². The molecule has 1 heterocycles.